The van der Waals surface area contributed by atoms with Gasteiger partial charge in [0.25, 0.3) is 0 Å². The van der Waals surface area contributed by atoms with E-state index in [1.807, 2.05) is 31.4 Å². The van der Waals surface area contributed by atoms with Gasteiger partial charge in [0.2, 0.25) is 11.8 Å². The van der Waals surface area contributed by atoms with Gasteiger partial charge >= 0.3 is 0 Å². The number of amides is 2. The van der Waals surface area contributed by atoms with Gasteiger partial charge in [-0.25, -0.2) is 4.39 Å². The third kappa shape index (κ3) is 3.33. The fourth-order valence-corrected chi connectivity index (χ4v) is 3.78. The molecule has 24 heavy (non-hydrogen) atoms. The summed E-state index contributed by atoms with van der Waals surface area (Å²) in [4.78, 5) is 27.5. The Morgan fingerprint density at radius 1 is 1.42 bits per heavy atom. The lowest BCUT2D eigenvalue weighted by atomic mass is 10.0. The maximum atomic E-state index is 13.9. The Kier molecular flexibility index (Phi) is 4.66. The van der Waals surface area contributed by atoms with E-state index in [1.165, 1.54) is 23.5 Å². The Balaban J connectivity index is 2.12. The van der Waals surface area contributed by atoms with Crippen LogP contribution in [0.15, 0.2) is 35.7 Å². The van der Waals surface area contributed by atoms with E-state index in [0.29, 0.717) is 17.7 Å². The van der Waals surface area contributed by atoms with Crippen LogP contribution in [0.4, 0.5) is 10.1 Å². The van der Waals surface area contributed by atoms with Crippen LogP contribution < -0.4 is 5.32 Å². The zero-order valence-corrected chi connectivity index (χ0v) is 14.4. The van der Waals surface area contributed by atoms with Gasteiger partial charge < -0.3 is 10.2 Å². The summed E-state index contributed by atoms with van der Waals surface area (Å²) in [6.45, 7) is 3.89. The molecule has 0 spiro atoms. The highest BCUT2D eigenvalue weighted by Crippen LogP contribution is 2.38. The standard InChI is InChI=1S/C18H19FN2O2S/c1-11(2)8-17(23)21-10-16(22)20-14-6-5-12(19)9-13(14)18(21)15-4-3-7-24-15/h3-7,9,11,18H,8,10H2,1-2H3,(H,20,22). The normalized spacial score (nSPS) is 17.4. The fraction of sp³-hybridized carbons (Fsp3) is 0.333. The molecule has 2 amide bonds. The van der Waals surface area contributed by atoms with E-state index in [0.717, 1.165) is 4.88 Å². The molecule has 126 valence electrons. The predicted molar refractivity (Wildman–Crippen MR) is 92.4 cm³/mol. The molecule has 1 aliphatic heterocycles. The average molecular weight is 346 g/mol. The summed E-state index contributed by atoms with van der Waals surface area (Å²) in [6.07, 6.45) is 0.347. The monoisotopic (exact) mass is 346 g/mol. The minimum Gasteiger partial charge on any atom is -0.324 e. The van der Waals surface area contributed by atoms with E-state index in [1.54, 1.807) is 11.0 Å². The number of thiophene rings is 1. The van der Waals surface area contributed by atoms with Gasteiger partial charge in [-0.3, -0.25) is 9.59 Å². The number of carbonyl (C=O) groups excluding carboxylic acids is 2. The molecular formula is C18H19FN2O2S. The summed E-state index contributed by atoms with van der Waals surface area (Å²) in [5.41, 5.74) is 1.17. The number of halogens is 1. The van der Waals surface area contributed by atoms with Crippen LogP contribution in [-0.2, 0) is 9.59 Å². The Labute approximate surface area is 144 Å². The van der Waals surface area contributed by atoms with Crippen molar-refractivity contribution in [2.75, 3.05) is 11.9 Å². The van der Waals surface area contributed by atoms with Crippen LogP contribution in [0, 0.1) is 11.7 Å². The quantitative estimate of drug-likeness (QED) is 0.919. The van der Waals surface area contributed by atoms with Gasteiger partial charge in [-0.2, -0.15) is 0 Å². The molecule has 0 bridgehead atoms. The molecule has 1 atom stereocenters. The van der Waals surface area contributed by atoms with Gasteiger partial charge in [0, 0.05) is 22.5 Å². The summed E-state index contributed by atoms with van der Waals surface area (Å²) in [5.74, 6) is -0.572. The SMILES string of the molecule is CC(C)CC(=O)N1CC(=O)Nc2ccc(F)cc2C1c1cccs1. The van der Waals surface area contributed by atoms with Gasteiger partial charge in [-0.15, -0.1) is 11.3 Å². The highest BCUT2D eigenvalue weighted by atomic mass is 32.1. The van der Waals surface area contributed by atoms with E-state index in [4.69, 9.17) is 0 Å². The van der Waals surface area contributed by atoms with Gasteiger partial charge in [0.05, 0.1) is 6.04 Å². The first kappa shape index (κ1) is 16.6. The number of nitrogens with one attached hydrogen (secondary N) is 1. The third-order valence-electron chi connectivity index (χ3n) is 3.92. The molecule has 0 saturated carbocycles. The molecule has 2 heterocycles. The number of nitrogens with zero attached hydrogens (tertiary/aromatic N) is 1. The molecule has 0 fully saturated rings. The van der Waals surface area contributed by atoms with Crippen molar-refractivity contribution in [2.45, 2.75) is 26.3 Å². The molecule has 3 rings (SSSR count). The molecule has 6 heteroatoms. The lowest BCUT2D eigenvalue weighted by Gasteiger charge is -2.30. The summed E-state index contributed by atoms with van der Waals surface area (Å²) < 4.78 is 13.9. The van der Waals surface area contributed by atoms with Crippen molar-refractivity contribution in [1.29, 1.82) is 0 Å². The second-order valence-electron chi connectivity index (χ2n) is 6.32. The number of anilines is 1. The number of carbonyl (C=O) groups is 2. The molecule has 0 saturated heterocycles. The first-order chi connectivity index (χ1) is 11.5. The van der Waals surface area contributed by atoms with Crippen molar-refractivity contribution in [3.05, 3.63) is 52.0 Å². The van der Waals surface area contributed by atoms with Crippen LogP contribution in [-0.4, -0.2) is 23.3 Å². The highest BCUT2D eigenvalue weighted by Gasteiger charge is 2.34. The van der Waals surface area contributed by atoms with Crippen LogP contribution in [0.25, 0.3) is 0 Å². The van der Waals surface area contributed by atoms with Crippen LogP contribution in [0.5, 0.6) is 0 Å². The van der Waals surface area contributed by atoms with E-state index < -0.39 is 6.04 Å². The summed E-state index contributed by atoms with van der Waals surface area (Å²) >= 11 is 1.49. The topological polar surface area (TPSA) is 49.4 Å². The van der Waals surface area contributed by atoms with Crippen LogP contribution >= 0.6 is 11.3 Å². The summed E-state index contributed by atoms with van der Waals surface area (Å²) in [6, 6.07) is 7.62. The summed E-state index contributed by atoms with van der Waals surface area (Å²) in [7, 11) is 0. The van der Waals surface area contributed by atoms with Gasteiger partial charge in [-0.1, -0.05) is 19.9 Å². The van der Waals surface area contributed by atoms with Crippen molar-refractivity contribution in [2.24, 2.45) is 5.92 Å². The zero-order valence-electron chi connectivity index (χ0n) is 13.6. The molecule has 0 aliphatic carbocycles. The highest BCUT2D eigenvalue weighted by molar-refractivity contribution is 7.10. The Morgan fingerprint density at radius 2 is 2.21 bits per heavy atom. The summed E-state index contributed by atoms with van der Waals surface area (Å²) in [5, 5.41) is 4.70. The number of hydrogen-bond donors (Lipinski definition) is 1. The van der Waals surface area contributed by atoms with Crippen molar-refractivity contribution < 1.29 is 14.0 Å². The Bertz CT molecular complexity index is 758. The molecule has 1 N–H and O–H groups in total. The molecule has 0 radical (unpaired) electrons. The van der Waals surface area contributed by atoms with Crippen LogP contribution in [0.2, 0.25) is 0 Å². The van der Waals surface area contributed by atoms with Crippen LogP contribution in [0.3, 0.4) is 0 Å². The van der Waals surface area contributed by atoms with Crippen molar-refractivity contribution in [1.82, 2.24) is 4.90 Å². The second kappa shape index (κ2) is 6.73. The minimum absolute atomic E-state index is 0.0373. The predicted octanol–water partition coefficient (Wildman–Crippen LogP) is 3.80. The second-order valence-corrected chi connectivity index (χ2v) is 7.30. The van der Waals surface area contributed by atoms with E-state index >= 15 is 0 Å². The number of rotatable bonds is 3. The lowest BCUT2D eigenvalue weighted by Crippen LogP contribution is -2.39. The Hall–Kier alpha value is -2.21. The molecule has 1 aliphatic rings. The van der Waals surface area contributed by atoms with Crippen molar-refractivity contribution >= 4 is 28.8 Å². The smallest absolute Gasteiger partial charge is 0.244 e. The number of fused-ring (bicyclic) bond motifs is 1. The van der Waals surface area contributed by atoms with E-state index in [2.05, 4.69) is 5.32 Å². The minimum atomic E-state index is -0.458. The Morgan fingerprint density at radius 3 is 2.88 bits per heavy atom. The zero-order chi connectivity index (χ0) is 17.3. The molecule has 1 unspecified atom stereocenters. The first-order valence-electron chi connectivity index (χ1n) is 7.88. The van der Waals surface area contributed by atoms with Gasteiger partial charge in [0.1, 0.15) is 12.4 Å². The molecule has 1 aromatic heterocycles. The van der Waals surface area contributed by atoms with E-state index in [-0.39, 0.29) is 30.1 Å². The fourth-order valence-electron chi connectivity index (χ4n) is 2.93. The average Bonchev–Trinajstić information content (AvgIpc) is 2.97. The molecule has 1 aromatic carbocycles. The first-order valence-corrected chi connectivity index (χ1v) is 8.76. The van der Waals surface area contributed by atoms with Gasteiger partial charge in [0.15, 0.2) is 0 Å². The maximum absolute atomic E-state index is 13.9. The van der Waals surface area contributed by atoms with Crippen molar-refractivity contribution in [3.8, 4) is 0 Å². The molecule has 2 aromatic rings. The molecular weight excluding hydrogens is 327 g/mol. The maximum Gasteiger partial charge on any atom is 0.244 e. The van der Waals surface area contributed by atoms with Crippen molar-refractivity contribution in [3.63, 3.8) is 0 Å². The van der Waals surface area contributed by atoms with Gasteiger partial charge in [-0.05, 0) is 35.6 Å². The lowest BCUT2D eigenvalue weighted by molar-refractivity contribution is -0.136. The molecule has 4 nitrogen and oxygen atoms in total. The van der Waals surface area contributed by atoms with E-state index in [9.17, 15) is 14.0 Å². The number of benzene rings is 1. The number of hydrogen-bond acceptors (Lipinski definition) is 3. The third-order valence-corrected chi connectivity index (χ3v) is 4.85. The van der Waals surface area contributed by atoms with Crippen LogP contribution in [0.1, 0.15) is 36.8 Å². The largest absolute Gasteiger partial charge is 0.324 e.